The number of benzene rings is 1. The molecular weight excluding hydrogens is 380 g/mol. The third-order valence-corrected chi connectivity index (χ3v) is 6.46. The number of nitrogens with zero attached hydrogens (tertiary/aromatic N) is 2. The molecule has 1 amide bonds. The quantitative estimate of drug-likeness (QED) is 0.533. The fourth-order valence-electron chi connectivity index (χ4n) is 3.68. The van der Waals surface area contributed by atoms with Crippen molar-refractivity contribution in [3.63, 3.8) is 0 Å². The molecular formula is C20H21N2O5S+. The molecule has 7 nitrogen and oxygen atoms in total. The number of rotatable bonds is 7. The summed E-state index contributed by atoms with van der Waals surface area (Å²) in [6.45, 7) is 0.577. The normalized spacial score (nSPS) is 25.9. The Morgan fingerprint density at radius 1 is 1.21 bits per heavy atom. The number of pyridine rings is 1. The summed E-state index contributed by atoms with van der Waals surface area (Å²) in [5.74, 6) is -1.07. The zero-order chi connectivity index (χ0) is 19.7. The summed E-state index contributed by atoms with van der Waals surface area (Å²) < 4.78 is 8.04. The number of thioether (sulfide) groups is 1. The Kier molecular flexibility index (Phi) is 5.23. The second-order valence-electron chi connectivity index (χ2n) is 6.86. The third kappa shape index (κ3) is 3.45. The molecule has 3 heterocycles. The van der Waals surface area contributed by atoms with Gasteiger partial charge in [0.25, 0.3) is 0 Å². The minimum absolute atomic E-state index is 0.0935. The van der Waals surface area contributed by atoms with Gasteiger partial charge in [-0.1, -0.05) is 30.0 Å². The smallest absolute Gasteiger partial charge is 0.331 e. The minimum Gasteiger partial charge on any atom is -0.480 e. The highest BCUT2D eigenvalue weighted by Gasteiger charge is 2.61. The summed E-state index contributed by atoms with van der Waals surface area (Å²) in [5, 5.41) is 18.5. The number of hydrogen-bond donors (Lipinski definition) is 2. The number of carboxylic acid groups (broad SMARTS) is 1. The minimum atomic E-state index is -1.08. The number of ether oxygens (including phenoxy) is 1. The molecule has 2 N–H and O–H groups in total. The summed E-state index contributed by atoms with van der Waals surface area (Å²) in [4.78, 5) is 25.4. The van der Waals surface area contributed by atoms with E-state index >= 15 is 0 Å². The Morgan fingerprint density at radius 2 is 2.00 bits per heavy atom. The maximum absolute atomic E-state index is 12.3. The molecule has 2 saturated heterocycles. The molecule has 0 bridgehead atoms. The first-order chi connectivity index (χ1) is 13.6. The number of carboxylic acids is 1. The predicted octanol–water partition coefficient (Wildman–Crippen LogP) is 1.09. The van der Waals surface area contributed by atoms with Crippen molar-refractivity contribution < 1.29 is 29.1 Å². The monoisotopic (exact) mass is 401 g/mol. The molecule has 4 atom stereocenters. The molecule has 3 unspecified atom stereocenters. The molecule has 28 heavy (non-hydrogen) atoms. The van der Waals surface area contributed by atoms with Crippen LogP contribution in [-0.2, 0) is 16.1 Å². The van der Waals surface area contributed by atoms with Crippen LogP contribution in [0.15, 0.2) is 54.9 Å². The van der Waals surface area contributed by atoms with E-state index in [1.807, 2.05) is 53.4 Å². The van der Waals surface area contributed by atoms with Crippen LogP contribution in [0.5, 0.6) is 5.75 Å². The van der Waals surface area contributed by atoms with E-state index in [4.69, 9.17) is 9.84 Å². The van der Waals surface area contributed by atoms with E-state index in [2.05, 4.69) is 0 Å². The standard InChI is InChI=1S/C20H20N2O5S/c23-10-7-15-17(24)22-16(19(25)26)20(28-18(15)22)27-14-6-4-5-13(11-14)12-21-8-2-1-3-9-21/h1-6,8-9,11,15-16,18,20,23H,7,10,12H2/p+1/t15-,16?,18?,20?/m0/s1. The van der Waals surface area contributed by atoms with Crippen LogP contribution in [0, 0.1) is 5.92 Å². The average Bonchev–Trinajstić information content (AvgIpc) is 3.02. The fourth-order valence-corrected chi connectivity index (χ4v) is 5.33. The molecule has 1 aromatic heterocycles. The van der Waals surface area contributed by atoms with Crippen LogP contribution in [-0.4, -0.2) is 50.4 Å². The van der Waals surface area contributed by atoms with Gasteiger partial charge in [0, 0.05) is 24.3 Å². The van der Waals surface area contributed by atoms with Crippen molar-refractivity contribution in [2.45, 2.75) is 29.8 Å². The molecule has 0 aliphatic carbocycles. The van der Waals surface area contributed by atoms with Gasteiger partial charge in [0.2, 0.25) is 5.91 Å². The number of amides is 1. The van der Waals surface area contributed by atoms with Crippen LogP contribution in [0.4, 0.5) is 0 Å². The first kappa shape index (κ1) is 18.8. The van der Waals surface area contributed by atoms with Gasteiger partial charge in [0.05, 0.1) is 11.3 Å². The van der Waals surface area contributed by atoms with Crippen molar-refractivity contribution in [3.8, 4) is 5.75 Å². The first-order valence-electron chi connectivity index (χ1n) is 9.09. The van der Waals surface area contributed by atoms with Crippen LogP contribution < -0.4 is 9.30 Å². The van der Waals surface area contributed by atoms with E-state index in [1.54, 1.807) is 6.07 Å². The highest BCUT2D eigenvalue weighted by atomic mass is 32.2. The van der Waals surface area contributed by atoms with Crippen LogP contribution in [0.25, 0.3) is 0 Å². The lowest BCUT2D eigenvalue weighted by Crippen LogP contribution is -2.62. The molecule has 2 fully saturated rings. The number of fused-ring (bicyclic) bond motifs is 1. The fraction of sp³-hybridized carbons (Fsp3) is 0.350. The number of carbonyl (C=O) groups is 2. The number of aliphatic carboxylic acids is 1. The second-order valence-corrected chi connectivity index (χ2v) is 8.08. The van der Waals surface area contributed by atoms with E-state index in [1.165, 1.54) is 16.7 Å². The highest BCUT2D eigenvalue weighted by molar-refractivity contribution is 8.00. The number of aliphatic hydroxyl groups is 1. The van der Waals surface area contributed by atoms with E-state index in [0.29, 0.717) is 18.7 Å². The summed E-state index contributed by atoms with van der Waals surface area (Å²) in [6.07, 6.45) is 4.28. The van der Waals surface area contributed by atoms with Gasteiger partial charge in [-0.25, -0.2) is 9.36 Å². The number of hydrogen-bond acceptors (Lipinski definition) is 5. The third-order valence-electron chi connectivity index (χ3n) is 5.01. The first-order valence-corrected chi connectivity index (χ1v) is 10.0. The Labute approximate surface area is 166 Å². The van der Waals surface area contributed by atoms with Crippen molar-refractivity contribution in [3.05, 3.63) is 60.4 Å². The van der Waals surface area contributed by atoms with Crippen molar-refractivity contribution in [1.82, 2.24) is 4.90 Å². The summed E-state index contributed by atoms with van der Waals surface area (Å²) >= 11 is 1.34. The SMILES string of the molecule is O=C(O)C1C(Oc2cccc(C[n+]3ccccc3)c2)SC2[C@@H](CCO)C(=O)N12. The lowest BCUT2D eigenvalue weighted by atomic mass is 9.93. The molecule has 0 saturated carbocycles. The summed E-state index contributed by atoms with van der Waals surface area (Å²) in [5.41, 5.74) is 0.343. The number of β-lactam (4-membered cyclic amide) rings is 1. The van der Waals surface area contributed by atoms with Gasteiger partial charge >= 0.3 is 5.97 Å². The van der Waals surface area contributed by atoms with Gasteiger partial charge in [-0.15, -0.1) is 0 Å². The Bertz CT molecular complexity index is 878. The van der Waals surface area contributed by atoms with Crippen molar-refractivity contribution >= 4 is 23.6 Å². The number of aliphatic hydroxyl groups excluding tert-OH is 1. The van der Waals surface area contributed by atoms with Crippen molar-refractivity contribution in [1.29, 1.82) is 0 Å². The molecule has 2 aliphatic heterocycles. The van der Waals surface area contributed by atoms with Crippen molar-refractivity contribution in [2.75, 3.05) is 6.61 Å². The van der Waals surface area contributed by atoms with Crippen LogP contribution in [0.2, 0.25) is 0 Å². The lowest BCUT2D eigenvalue weighted by Gasteiger charge is -2.42. The van der Waals surface area contributed by atoms with Gasteiger partial charge in [-0.2, -0.15) is 0 Å². The number of aromatic nitrogens is 1. The van der Waals surface area contributed by atoms with Gasteiger partial charge < -0.3 is 19.8 Å². The van der Waals surface area contributed by atoms with Crippen LogP contribution in [0.1, 0.15) is 12.0 Å². The maximum atomic E-state index is 12.3. The second kappa shape index (κ2) is 7.81. The van der Waals surface area contributed by atoms with Crippen molar-refractivity contribution in [2.24, 2.45) is 5.92 Å². The van der Waals surface area contributed by atoms with Gasteiger partial charge in [-0.05, 0) is 18.6 Å². The van der Waals surface area contributed by atoms with E-state index in [0.717, 1.165) is 5.56 Å². The molecule has 0 radical (unpaired) electrons. The molecule has 1 aromatic carbocycles. The number of carbonyl (C=O) groups excluding carboxylic acids is 1. The van der Waals surface area contributed by atoms with Gasteiger partial charge in [-0.3, -0.25) is 4.79 Å². The molecule has 8 heteroatoms. The topological polar surface area (TPSA) is 91.0 Å². The molecule has 146 valence electrons. The largest absolute Gasteiger partial charge is 0.480 e. The predicted molar refractivity (Wildman–Crippen MR) is 101 cm³/mol. The Balaban J connectivity index is 1.50. The maximum Gasteiger partial charge on any atom is 0.331 e. The molecule has 0 spiro atoms. The highest BCUT2D eigenvalue weighted by Crippen LogP contribution is 2.49. The van der Waals surface area contributed by atoms with Gasteiger partial charge in [0.15, 0.2) is 30.4 Å². The Hall–Kier alpha value is -2.58. The molecule has 2 aromatic rings. The summed E-state index contributed by atoms with van der Waals surface area (Å²) in [6, 6.07) is 12.4. The lowest BCUT2D eigenvalue weighted by molar-refractivity contribution is -0.688. The van der Waals surface area contributed by atoms with Gasteiger partial charge in [0.1, 0.15) is 5.75 Å². The van der Waals surface area contributed by atoms with Crippen LogP contribution >= 0.6 is 11.8 Å². The zero-order valence-electron chi connectivity index (χ0n) is 15.0. The van der Waals surface area contributed by atoms with E-state index < -0.39 is 17.4 Å². The zero-order valence-corrected chi connectivity index (χ0v) is 15.9. The molecule has 4 rings (SSSR count). The molecule has 2 aliphatic rings. The Morgan fingerprint density at radius 3 is 2.71 bits per heavy atom. The average molecular weight is 401 g/mol. The van der Waals surface area contributed by atoms with E-state index in [9.17, 15) is 14.7 Å². The van der Waals surface area contributed by atoms with E-state index in [-0.39, 0.29) is 23.8 Å². The summed E-state index contributed by atoms with van der Waals surface area (Å²) in [7, 11) is 0. The van der Waals surface area contributed by atoms with Crippen LogP contribution in [0.3, 0.4) is 0 Å².